The van der Waals surface area contributed by atoms with Gasteiger partial charge in [-0.1, -0.05) is 6.07 Å². The summed E-state index contributed by atoms with van der Waals surface area (Å²) < 4.78 is 0. The van der Waals surface area contributed by atoms with E-state index in [0.717, 1.165) is 17.0 Å². The zero-order valence-electron chi connectivity index (χ0n) is 11.3. The largest absolute Gasteiger partial charge is 0.348 e. The van der Waals surface area contributed by atoms with Crippen molar-refractivity contribution in [2.45, 2.75) is 32.0 Å². The molecule has 0 aromatic carbocycles. The molecule has 6 heteroatoms. The second-order valence-corrected chi connectivity index (χ2v) is 4.98. The van der Waals surface area contributed by atoms with Gasteiger partial charge in [-0.3, -0.25) is 15.1 Å². The molecule has 0 bridgehead atoms. The van der Waals surface area contributed by atoms with Gasteiger partial charge >= 0.3 is 0 Å². The highest BCUT2D eigenvalue weighted by atomic mass is 16.2. The Morgan fingerprint density at radius 2 is 2.45 bits per heavy atom. The third-order valence-electron chi connectivity index (χ3n) is 3.59. The molecular weight excluding hydrogens is 254 g/mol. The lowest BCUT2D eigenvalue weighted by atomic mass is 10.0. The molecule has 2 aromatic rings. The van der Waals surface area contributed by atoms with Crippen molar-refractivity contribution < 1.29 is 4.79 Å². The molecule has 0 aliphatic carbocycles. The minimum absolute atomic E-state index is 0.00463. The van der Waals surface area contributed by atoms with Gasteiger partial charge in [0.2, 0.25) is 5.91 Å². The molecule has 1 unspecified atom stereocenters. The van der Waals surface area contributed by atoms with Crippen LogP contribution in [0.1, 0.15) is 29.9 Å². The zero-order chi connectivity index (χ0) is 13.9. The van der Waals surface area contributed by atoms with Gasteiger partial charge in [0, 0.05) is 25.4 Å². The van der Waals surface area contributed by atoms with Crippen LogP contribution in [-0.2, 0) is 17.8 Å². The summed E-state index contributed by atoms with van der Waals surface area (Å²) in [6.07, 6.45) is 5.78. The monoisotopic (exact) mass is 271 g/mol. The SMILES string of the molecule is C[C@H](NC(=O)C1Cc2nc[nH]c2CN1)c1cccnc1. The molecule has 1 aliphatic rings. The van der Waals surface area contributed by atoms with E-state index >= 15 is 0 Å². The topological polar surface area (TPSA) is 82.7 Å². The highest BCUT2D eigenvalue weighted by Crippen LogP contribution is 2.14. The first-order valence-electron chi connectivity index (χ1n) is 6.69. The lowest BCUT2D eigenvalue weighted by Gasteiger charge is -2.24. The third kappa shape index (κ3) is 2.55. The molecule has 3 N–H and O–H groups in total. The van der Waals surface area contributed by atoms with E-state index in [4.69, 9.17) is 0 Å². The molecule has 0 radical (unpaired) electrons. The number of hydrogen-bond donors (Lipinski definition) is 3. The molecule has 2 aromatic heterocycles. The summed E-state index contributed by atoms with van der Waals surface area (Å²) in [5, 5.41) is 6.23. The Hall–Kier alpha value is -2.21. The highest BCUT2D eigenvalue weighted by molar-refractivity contribution is 5.82. The van der Waals surface area contributed by atoms with Crippen molar-refractivity contribution in [2.24, 2.45) is 0 Å². The summed E-state index contributed by atoms with van der Waals surface area (Å²) in [6, 6.07) is 3.54. The average molecular weight is 271 g/mol. The summed E-state index contributed by atoms with van der Waals surface area (Å²) in [4.78, 5) is 23.7. The molecule has 3 heterocycles. The van der Waals surface area contributed by atoms with E-state index in [1.165, 1.54) is 0 Å². The molecule has 20 heavy (non-hydrogen) atoms. The Kier molecular flexibility index (Phi) is 3.47. The Bertz CT molecular complexity index is 595. The zero-order valence-corrected chi connectivity index (χ0v) is 11.3. The Labute approximate surface area is 117 Å². The van der Waals surface area contributed by atoms with Gasteiger partial charge in [0.25, 0.3) is 0 Å². The first-order chi connectivity index (χ1) is 9.74. The van der Waals surface area contributed by atoms with Gasteiger partial charge < -0.3 is 10.3 Å². The van der Waals surface area contributed by atoms with Gasteiger partial charge in [-0.2, -0.15) is 0 Å². The molecule has 0 fully saturated rings. The first-order valence-corrected chi connectivity index (χ1v) is 6.69. The number of nitrogens with zero attached hydrogens (tertiary/aromatic N) is 2. The number of nitrogens with one attached hydrogen (secondary N) is 3. The van der Waals surface area contributed by atoms with Crippen LogP contribution in [0.4, 0.5) is 0 Å². The number of fused-ring (bicyclic) bond motifs is 1. The number of aromatic amines is 1. The van der Waals surface area contributed by atoms with Crippen LogP contribution in [0.5, 0.6) is 0 Å². The summed E-state index contributed by atoms with van der Waals surface area (Å²) in [5.74, 6) is -0.00463. The van der Waals surface area contributed by atoms with E-state index in [0.29, 0.717) is 13.0 Å². The fourth-order valence-electron chi connectivity index (χ4n) is 2.38. The Morgan fingerprint density at radius 1 is 1.55 bits per heavy atom. The molecule has 1 aliphatic heterocycles. The van der Waals surface area contributed by atoms with Crippen LogP contribution in [0, 0.1) is 0 Å². The van der Waals surface area contributed by atoms with Gasteiger partial charge in [0.05, 0.1) is 29.8 Å². The fraction of sp³-hybridized carbons (Fsp3) is 0.357. The summed E-state index contributed by atoms with van der Waals surface area (Å²) >= 11 is 0. The molecule has 1 amide bonds. The van der Waals surface area contributed by atoms with E-state index in [9.17, 15) is 4.79 Å². The van der Waals surface area contributed by atoms with Gasteiger partial charge in [-0.25, -0.2) is 4.98 Å². The molecular formula is C14H17N5O. The van der Waals surface area contributed by atoms with Crippen molar-refractivity contribution in [1.82, 2.24) is 25.6 Å². The number of carbonyl (C=O) groups excluding carboxylic acids is 1. The molecule has 104 valence electrons. The van der Waals surface area contributed by atoms with Crippen LogP contribution in [0.15, 0.2) is 30.9 Å². The lowest BCUT2D eigenvalue weighted by Crippen LogP contribution is -2.48. The van der Waals surface area contributed by atoms with Gasteiger partial charge in [-0.15, -0.1) is 0 Å². The van der Waals surface area contributed by atoms with Gasteiger partial charge in [0.1, 0.15) is 0 Å². The van der Waals surface area contributed by atoms with Crippen LogP contribution in [0.2, 0.25) is 0 Å². The fourth-order valence-corrected chi connectivity index (χ4v) is 2.38. The van der Waals surface area contributed by atoms with E-state index in [-0.39, 0.29) is 18.0 Å². The molecule has 0 spiro atoms. The van der Waals surface area contributed by atoms with Crippen LogP contribution < -0.4 is 10.6 Å². The minimum atomic E-state index is -0.232. The van der Waals surface area contributed by atoms with Crippen molar-refractivity contribution in [3.8, 4) is 0 Å². The quantitative estimate of drug-likeness (QED) is 0.767. The standard InChI is InChI=1S/C14H17N5O/c1-9(10-3-2-4-15-6-10)19-14(20)12-5-11-13(7-16-12)18-8-17-11/h2-4,6,8-9,12,16H,5,7H2,1H3,(H,17,18)(H,19,20)/t9-,12?/m0/s1. The molecule has 3 rings (SSSR count). The first kappa shape index (κ1) is 12.8. The predicted octanol–water partition coefficient (Wildman–Crippen LogP) is 0.696. The van der Waals surface area contributed by atoms with Gasteiger partial charge in [0.15, 0.2) is 0 Å². The molecule has 0 saturated heterocycles. The summed E-state index contributed by atoms with van der Waals surface area (Å²) in [7, 11) is 0. The van der Waals surface area contributed by atoms with E-state index in [1.807, 2.05) is 19.1 Å². The smallest absolute Gasteiger partial charge is 0.238 e. The van der Waals surface area contributed by atoms with Crippen LogP contribution >= 0.6 is 0 Å². The predicted molar refractivity (Wildman–Crippen MR) is 73.7 cm³/mol. The Balaban J connectivity index is 1.63. The number of carbonyl (C=O) groups is 1. The van der Waals surface area contributed by atoms with Crippen LogP contribution in [0.3, 0.4) is 0 Å². The number of rotatable bonds is 3. The normalized spacial score (nSPS) is 19.1. The van der Waals surface area contributed by atoms with Crippen molar-refractivity contribution in [1.29, 1.82) is 0 Å². The molecule has 2 atom stereocenters. The number of H-pyrrole nitrogens is 1. The minimum Gasteiger partial charge on any atom is -0.348 e. The van der Waals surface area contributed by atoms with E-state index in [1.54, 1.807) is 18.7 Å². The number of imidazole rings is 1. The summed E-state index contributed by atoms with van der Waals surface area (Å²) in [5.41, 5.74) is 3.03. The van der Waals surface area contributed by atoms with Crippen LogP contribution in [-0.4, -0.2) is 26.9 Å². The number of pyridine rings is 1. The van der Waals surface area contributed by atoms with Gasteiger partial charge in [-0.05, 0) is 18.6 Å². The molecule has 0 saturated carbocycles. The van der Waals surface area contributed by atoms with Crippen molar-refractivity contribution >= 4 is 5.91 Å². The van der Waals surface area contributed by atoms with E-state index < -0.39 is 0 Å². The van der Waals surface area contributed by atoms with Crippen molar-refractivity contribution in [3.63, 3.8) is 0 Å². The third-order valence-corrected chi connectivity index (χ3v) is 3.59. The number of amides is 1. The maximum absolute atomic E-state index is 12.3. The molecule has 6 nitrogen and oxygen atoms in total. The summed E-state index contributed by atoms with van der Waals surface area (Å²) in [6.45, 7) is 2.60. The second-order valence-electron chi connectivity index (χ2n) is 4.98. The lowest BCUT2D eigenvalue weighted by molar-refractivity contribution is -0.124. The second kappa shape index (κ2) is 5.42. The van der Waals surface area contributed by atoms with E-state index in [2.05, 4.69) is 25.6 Å². The van der Waals surface area contributed by atoms with Crippen molar-refractivity contribution in [2.75, 3.05) is 0 Å². The maximum Gasteiger partial charge on any atom is 0.238 e. The number of aromatic nitrogens is 3. The highest BCUT2D eigenvalue weighted by Gasteiger charge is 2.26. The number of hydrogen-bond acceptors (Lipinski definition) is 4. The van der Waals surface area contributed by atoms with Crippen LogP contribution in [0.25, 0.3) is 0 Å². The maximum atomic E-state index is 12.3. The van der Waals surface area contributed by atoms with Crippen molar-refractivity contribution in [3.05, 3.63) is 47.8 Å². The average Bonchev–Trinajstić information content (AvgIpc) is 2.95. The Morgan fingerprint density at radius 3 is 3.25 bits per heavy atom.